The molecule has 26 heavy (non-hydrogen) atoms. The number of anilines is 1. The number of nitrogens with one attached hydrogen (secondary N) is 1. The van der Waals surface area contributed by atoms with Crippen LogP contribution in [0.5, 0.6) is 0 Å². The predicted molar refractivity (Wildman–Crippen MR) is 89.1 cm³/mol. The highest BCUT2D eigenvalue weighted by atomic mass is 19.1. The van der Waals surface area contributed by atoms with Crippen LogP contribution < -0.4 is 5.32 Å². The third kappa shape index (κ3) is 3.18. The Balaban J connectivity index is 1.86. The molecule has 0 bridgehead atoms. The van der Waals surface area contributed by atoms with Crippen molar-refractivity contribution in [3.05, 3.63) is 53.2 Å². The monoisotopic (exact) mass is 358 g/mol. The lowest BCUT2D eigenvalue weighted by atomic mass is 10.1. The molecule has 1 N–H and O–H groups in total. The first-order valence-corrected chi connectivity index (χ1v) is 7.56. The summed E-state index contributed by atoms with van der Waals surface area (Å²) in [4.78, 5) is 24.3. The van der Waals surface area contributed by atoms with Gasteiger partial charge < -0.3 is 14.6 Å². The van der Waals surface area contributed by atoms with E-state index < -0.39 is 11.9 Å². The standard InChI is InChI=1S/C17H15FN4O4/c1-9-14(15(17(24)25-3)20-22(9)2)19-16(23)12-8-13(26-21-12)10-4-6-11(18)7-5-10/h4-8H,1-3H3,(H,19,23). The van der Waals surface area contributed by atoms with Crippen LogP contribution in [0.25, 0.3) is 11.3 Å². The van der Waals surface area contributed by atoms with Crippen molar-refractivity contribution in [2.24, 2.45) is 7.05 Å². The van der Waals surface area contributed by atoms with E-state index >= 15 is 0 Å². The van der Waals surface area contributed by atoms with E-state index in [0.717, 1.165) is 0 Å². The molecule has 0 aliphatic carbocycles. The van der Waals surface area contributed by atoms with Crippen molar-refractivity contribution in [3.63, 3.8) is 0 Å². The number of carbonyl (C=O) groups excluding carboxylic acids is 2. The van der Waals surface area contributed by atoms with Gasteiger partial charge in [-0.05, 0) is 31.2 Å². The van der Waals surface area contributed by atoms with E-state index in [9.17, 15) is 14.0 Å². The molecular formula is C17H15FN4O4. The molecule has 0 saturated carbocycles. The van der Waals surface area contributed by atoms with Gasteiger partial charge in [0, 0.05) is 18.7 Å². The van der Waals surface area contributed by atoms with Crippen molar-refractivity contribution in [1.82, 2.24) is 14.9 Å². The second kappa shape index (κ2) is 6.79. The van der Waals surface area contributed by atoms with E-state index in [-0.39, 0.29) is 22.9 Å². The number of methoxy groups -OCH3 is 1. The predicted octanol–water partition coefficient (Wildman–Crippen LogP) is 2.56. The maximum atomic E-state index is 13.0. The highest BCUT2D eigenvalue weighted by Gasteiger charge is 2.23. The quantitative estimate of drug-likeness (QED) is 0.720. The maximum Gasteiger partial charge on any atom is 0.360 e. The number of hydrogen-bond acceptors (Lipinski definition) is 6. The minimum atomic E-state index is -0.670. The van der Waals surface area contributed by atoms with Crippen LogP contribution in [0.2, 0.25) is 0 Å². The Hall–Kier alpha value is -3.49. The molecule has 2 aromatic heterocycles. The van der Waals surface area contributed by atoms with Crippen LogP contribution in [0.1, 0.15) is 26.7 Å². The molecule has 3 aromatic rings. The Morgan fingerprint density at radius 1 is 1.27 bits per heavy atom. The highest BCUT2D eigenvalue weighted by Crippen LogP contribution is 2.23. The molecule has 0 aliphatic heterocycles. The summed E-state index contributed by atoms with van der Waals surface area (Å²) >= 11 is 0. The Kier molecular flexibility index (Phi) is 4.53. The summed E-state index contributed by atoms with van der Waals surface area (Å²) in [5.74, 6) is -1.32. The van der Waals surface area contributed by atoms with Gasteiger partial charge in [0.05, 0.1) is 18.5 Å². The zero-order valence-electron chi connectivity index (χ0n) is 14.2. The summed E-state index contributed by atoms with van der Waals surface area (Å²) in [6.45, 7) is 1.70. The normalized spacial score (nSPS) is 10.6. The minimum absolute atomic E-state index is 0.00314. The Morgan fingerprint density at radius 3 is 2.62 bits per heavy atom. The summed E-state index contributed by atoms with van der Waals surface area (Å²) in [7, 11) is 2.87. The molecule has 8 nitrogen and oxygen atoms in total. The van der Waals surface area contributed by atoms with Crippen molar-refractivity contribution in [1.29, 1.82) is 0 Å². The van der Waals surface area contributed by atoms with Gasteiger partial charge in [0.1, 0.15) is 5.82 Å². The van der Waals surface area contributed by atoms with Crippen LogP contribution in [-0.2, 0) is 11.8 Å². The number of aromatic nitrogens is 3. The molecule has 0 spiro atoms. The first kappa shape index (κ1) is 17.3. The van der Waals surface area contributed by atoms with Crippen molar-refractivity contribution >= 4 is 17.6 Å². The second-order valence-electron chi connectivity index (χ2n) is 5.46. The number of aryl methyl sites for hydroxylation is 1. The number of halogens is 1. The van der Waals surface area contributed by atoms with Crippen LogP contribution in [-0.4, -0.2) is 33.9 Å². The number of hydrogen-bond donors (Lipinski definition) is 1. The Bertz CT molecular complexity index is 975. The fourth-order valence-electron chi connectivity index (χ4n) is 2.31. The minimum Gasteiger partial charge on any atom is -0.464 e. The Labute approximate surface area is 147 Å². The molecule has 0 unspecified atom stereocenters. The smallest absolute Gasteiger partial charge is 0.360 e. The van der Waals surface area contributed by atoms with Crippen molar-refractivity contribution in [2.75, 3.05) is 12.4 Å². The molecular weight excluding hydrogens is 343 g/mol. The van der Waals surface area contributed by atoms with Crippen LogP contribution >= 0.6 is 0 Å². The average molecular weight is 358 g/mol. The molecule has 0 radical (unpaired) electrons. The zero-order chi connectivity index (χ0) is 18.8. The van der Waals surface area contributed by atoms with Crippen molar-refractivity contribution in [2.45, 2.75) is 6.92 Å². The number of ether oxygens (including phenoxy) is 1. The lowest BCUT2D eigenvalue weighted by Gasteiger charge is -2.04. The molecule has 9 heteroatoms. The fourth-order valence-corrected chi connectivity index (χ4v) is 2.31. The lowest BCUT2D eigenvalue weighted by molar-refractivity contribution is 0.0594. The van der Waals surface area contributed by atoms with E-state index in [4.69, 9.17) is 4.52 Å². The summed E-state index contributed by atoms with van der Waals surface area (Å²) < 4.78 is 24.3. The number of amides is 1. The van der Waals surface area contributed by atoms with Gasteiger partial charge in [-0.25, -0.2) is 9.18 Å². The largest absolute Gasteiger partial charge is 0.464 e. The topological polar surface area (TPSA) is 99.2 Å². The zero-order valence-corrected chi connectivity index (χ0v) is 14.2. The number of benzene rings is 1. The average Bonchev–Trinajstić information content (AvgIpc) is 3.23. The third-order valence-electron chi connectivity index (χ3n) is 3.82. The van der Waals surface area contributed by atoms with E-state index in [1.165, 1.54) is 42.1 Å². The van der Waals surface area contributed by atoms with Gasteiger partial charge in [-0.15, -0.1) is 0 Å². The van der Waals surface area contributed by atoms with Crippen LogP contribution in [0.4, 0.5) is 10.1 Å². The molecule has 1 aromatic carbocycles. The molecule has 0 fully saturated rings. The SMILES string of the molecule is COC(=O)c1nn(C)c(C)c1NC(=O)c1cc(-c2ccc(F)cc2)on1. The third-order valence-corrected chi connectivity index (χ3v) is 3.82. The first-order chi connectivity index (χ1) is 12.4. The van der Waals surface area contributed by atoms with E-state index in [1.807, 2.05) is 0 Å². The summed E-state index contributed by atoms with van der Waals surface area (Å²) in [5.41, 5.74) is 1.37. The summed E-state index contributed by atoms with van der Waals surface area (Å²) in [5, 5.41) is 10.4. The van der Waals surface area contributed by atoms with E-state index in [1.54, 1.807) is 14.0 Å². The van der Waals surface area contributed by atoms with Gasteiger partial charge >= 0.3 is 5.97 Å². The lowest BCUT2D eigenvalue weighted by Crippen LogP contribution is -2.15. The molecule has 0 aliphatic rings. The maximum absolute atomic E-state index is 13.0. The molecule has 134 valence electrons. The van der Waals surface area contributed by atoms with Gasteiger partial charge in [-0.3, -0.25) is 9.48 Å². The van der Waals surface area contributed by atoms with Gasteiger partial charge in [0.15, 0.2) is 17.1 Å². The highest BCUT2D eigenvalue weighted by molar-refractivity contribution is 6.07. The van der Waals surface area contributed by atoms with Crippen LogP contribution in [0.15, 0.2) is 34.9 Å². The number of esters is 1. The second-order valence-corrected chi connectivity index (χ2v) is 5.46. The van der Waals surface area contributed by atoms with E-state index in [0.29, 0.717) is 17.0 Å². The van der Waals surface area contributed by atoms with Crippen LogP contribution in [0.3, 0.4) is 0 Å². The molecule has 2 heterocycles. The molecule has 1 amide bonds. The van der Waals surface area contributed by atoms with Gasteiger partial charge in [-0.1, -0.05) is 5.16 Å². The van der Waals surface area contributed by atoms with Gasteiger partial charge in [0.25, 0.3) is 5.91 Å². The van der Waals surface area contributed by atoms with Crippen molar-refractivity contribution in [3.8, 4) is 11.3 Å². The summed E-state index contributed by atoms with van der Waals surface area (Å²) in [6.07, 6.45) is 0. The molecule has 3 rings (SSSR count). The first-order valence-electron chi connectivity index (χ1n) is 7.56. The molecule has 0 saturated heterocycles. The van der Waals surface area contributed by atoms with Gasteiger partial charge in [0.2, 0.25) is 0 Å². The number of carbonyl (C=O) groups is 2. The number of rotatable bonds is 4. The number of nitrogens with zero attached hydrogens (tertiary/aromatic N) is 3. The Morgan fingerprint density at radius 2 is 1.96 bits per heavy atom. The van der Waals surface area contributed by atoms with Gasteiger partial charge in [-0.2, -0.15) is 5.10 Å². The summed E-state index contributed by atoms with van der Waals surface area (Å²) in [6, 6.07) is 7.00. The van der Waals surface area contributed by atoms with E-state index in [2.05, 4.69) is 20.3 Å². The van der Waals surface area contributed by atoms with Crippen molar-refractivity contribution < 1.29 is 23.2 Å². The fraction of sp³-hybridized carbons (Fsp3) is 0.176. The molecule has 0 atom stereocenters. The van der Waals surface area contributed by atoms with Crippen LogP contribution in [0, 0.1) is 12.7 Å².